The first-order valence-electron chi connectivity index (χ1n) is 6.71. The van der Waals surface area contributed by atoms with E-state index in [1.54, 1.807) is 0 Å². The monoisotopic (exact) mass is 312 g/mol. The van der Waals surface area contributed by atoms with E-state index in [1.807, 2.05) is 0 Å². The third kappa shape index (κ3) is 11.0. The Bertz CT molecular complexity index is 161. The molecule has 0 rings (SSSR count). The lowest BCUT2D eigenvalue weighted by Crippen LogP contribution is -2.07. The Morgan fingerprint density at radius 2 is 1.29 bits per heavy atom. The average Bonchev–Trinajstić information content (AvgIpc) is 2.31. The van der Waals surface area contributed by atoms with Crippen LogP contribution in [0.5, 0.6) is 0 Å². The lowest BCUT2D eigenvalue weighted by molar-refractivity contribution is 0.415. The molecule has 0 aliphatic carbocycles. The van der Waals surface area contributed by atoms with Crippen molar-refractivity contribution in [1.29, 1.82) is 0 Å². The molecule has 0 saturated heterocycles. The fourth-order valence-corrected chi connectivity index (χ4v) is 3.17. The molecule has 0 amide bonds. The maximum absolute atomic E-state index is 4.44. The molecule has 2 unspecified atom stereocenters. The molecule has 0 N–H and O–H groups in total. The number of hydrogen-bond acceptors (Lipinski definition) is 4. The van der Waals surface area contributed by atoms with E-state index < -0.39 is 0 Å². The Hall–Kier alpha value is 1.40. The Morgan fingerprint density at radius 3 is 1.71 bits per heavy atom. The summed E-state index contributed by atoms with van der Waals surface area (Å²) in [5.41, 5.74) is 0. The van der Waals surface area contributed by atoms with Gasteiger partial charge in [-0.05, 0) is 55.4 Å². The van der Waals surface area contributed by atoms with E-state index >= 15 is 0 Å². The molecule has 0 aromatic rings. The molecule has 4 heteroatoms. The van der Waals surface area contributed by atoms with Gasteiger partial charge in [-0.1, -0.05) is 19.8 Å². The molecule has 0 aromatic heterocycles. The highest BCUT2D eigenvalue weighted by Crippen LogP contribution is 2.23. The lowest BCUT2D eigenvalue weighted by Gasteiger charge is -2.17. The molecule has 0 aromatic carbocycles. The second-order valence-corrected chi connectivity index (χ2v) is 7.26. The van der Waals surface area contributed by atoms with E-state index in [4.69, 9.17) is 0 Å². The third-order valence-electron chi connectivity index (χ3n) is 3.27. The second-order valence-electron chi connectivity index (χ2n) is 4.87. The second kappa shape index (κ2) is 12.4. The Labute approximate surface area is 130 Å². The van der Waals surface area contributed by atoms with Gasteiger partial charge in [0.05, 0.1) is 0 Å². The zero-order chi connectivity index (χ0) is 13.1. The van der Waals surface area contributed by atoms with Gasteiger partial charge in [0.25, 0.3) is 0 Å². The minimum absolute atomic E-state index is 0.225. The van der Waals surface area contributed by atoms with Crippen molar-refractivity contribution in [3.05, 3.63) is 0 Å². The van der Waals surface area contributed by atoms with Crippen molar-refractivity contribution in [2.24, 2.45) is 11.8 Å². The smallest absolute Gasteiger partial charge is 0.0442 e. The maximum Gasteiger partial charge on any atom is 0.0442 e. The topological polar surface area (TPSA) is 0 Å². The standard InChI is InChI=1S/C13H28S4/c1-2-4-11(9-14)5-3-6-12(10-15)7-8-13(16)17/h11-17H,2-10H2,1H3. The summed E-state index contributed by atoms with van der Waals surface area (Å²) in [4.78, 5) is 0. The van der Waals surface area contributed by atoms with Crippen LogP contribution in [0.4, 0.5) is 0 Å². The molecule has 0 spiro atoms. The molecule has 0 heterocycles. The van der Waals surface area contributed by atoms with Crippen LogP contribution < -0.4 is 0 Å². The van der Waals surface area contributed by atoms with Gasteiger partial charge in [-0.25, -0.2) is 0 Å². The first kappa shape index (κ1) is 18.4. The van der Waals surface area contributed by atoms with E-state index in [2.05, 4.69) is 57.4 Å². The molecule has 2 atom stereocenters. The van der Waals surface area contributed by atoms with Crippen molar-refractivity contribution in [2.45, 2.75) is 56.5 Å². The summed E-state index contributed by atoms with van der Waals surface area (Å²) in [5, 5.41) is 0. The molecular formula is C13H28S4. The Balaban J connectivity index is 3.67. The first-order valence-corrected chi connectivity index (χ1v) is 9.01. The average molecular weight is 313 g/mol. The minimum Gasteiger partial charge on any atom is -0.179 e. The van der Waals surface area contributed by atoms with Crippen LogP contribution in [-0.2, 0) is 0 Å². The lowest BCUT2D eigenvalue weighted by atomic mass is 9.93. The van der Waals surface area contributed by atoms with Crippen LogP contribution >= 0.6 is 50.5 Å². The van der Waals surface area contributed by atoms with Gasteiger partial charge >= 0.3 is 0 Å². The molecule has 0 nitrogen and oxygen atoms in total. The number of rotatable bonds is 11. The van der Waals surface area contributed by atoms with Crippen molar-refractivity contribution < 1.29 is 0 Å². The molecule has 0 bridgehead atoms. The van der Waals surface area contributed by atoms with Crippen molar-refractivity contribution in [3.63, 3.8) is 0 Å². The summed E-state index contributed by atoms with van der Waals surface area (Å²) in [6.07, 6.45) is 8.84. The molecular weight excluding hydrogens is 284 g/mol. The normalized spacial score (nSPS) is 15.2. The van der Waals surface area contributed by atoms with Crippen molar-refractivity contribution >= 4 is 50.5 Å². The maximum atomic E-state index is 4.44. The summed E-state index contributed by atoms with van der Waals surface area (Å²) in [6, 6.07) is 0. The van der Waals surface area contributed by atoms with E-state index in [1.165, 1.54) is 38.5 Å². The van der Waals surface area contributed by atoms with Crippen LogP contribution in [0.25, 0.3) is 0 Å². The van der Waals surface area contributed by atoms with Gasteiger partial charge in [-0.3, -0.25) is 0 Å². The van der Waals surface area contributed by atoms with E-state index in [0.29, 0.717) is 0 Å². The van der Waals surface area contributed by atoms with Gasteiger partial charge in [-0.2, -0.15) is 50.5 Å². The zero-order valence-corrected chi connectivity index (χ0v) is 14.5. The number of hydrogen-bond donors (Lipinski definition) is 4. The van der Waals surface area contributed by atoms with Crippen LogP contribution in [-0.4, -0.2) is 16.1 Å². The van der Waals surface area contributed by atoms with E-state index in [9.17, 15) is 0 Å². The summed E-state index contributed by atoms with van der Waals surface area (Å²) in [7, 11) is 0. The van der Waals surface area contributed by atoms with E-state index in [-0.39, 0.29) is 4.58 Å². The highest BCUT2D eigenvalue weighted by atomic mass is 32.2. The first-order chi connectivity index (χ1) is 8.13. The van der Waals surface area contributed by atoms with Gasteiger partial charge in [0, 0.05) is 4.58 Å². The van der Waals surface area contributed by atoms with Crippen LogP contribution in [0.2, 0.25) is 0 Å². The highest BCUT2D eigenvalue weighted by Gasteiger charge is 2.10. The van der Waals surface area contributed by atoms with Gasteiger partial charge in [0.1, 0.15) is 0 Å². The third-order valence-corrected chi connectivity index (χ3v) is 4.82. The van der Waals surface area contributed by atoms with Crippen molar-refractivity contribution in [1.82, 2.24) is 0 Å². The zero-order valence-electron chi connectivity index (χ0n) is 10.9. The summed E-state index contributed by atoms with van der Waals surface area (Å²) < 4.78 is 0.225. The molecule has 0 saturated carbocycles. The SMILES string of the molecule is CCCC(CS)CCCC(CS)CCC(S)S. The van der Waals surface area contributed by atoms with Crippen LogP contribution in [0.3, 0.4) is 0 Å². The van der Waals surface area contributed by atoms with Gasteiger partial charge in [-0.15, -0.1) is 0 Å². The van der Waals surface area contributed by atoms with Crippen molar-refractivity contribution in [2.75, 3.05) is 11.5 Å². The fraction of sp³-hybridized carbons (Fsp3) is 1.00. The predicted molar refractivity (Wildman–Crippen MR) is 94.4 cm³/mol. The predicted octanol–water partition coefficient (Wildman–Crippen LogP) is 5.01. The van der Waals surface area contributed by atoms with Crippen LogP contribution in [0.15, 0.2) is 0 Å². The quantitative estimate of drug-likeness (QED) is 0.299. The fourth-order valence-electron chi connectivity index (χ4n) is 2.14. The molecule has 17 heavy (non-hydrogen) atoms. The van der Waals surface area contributed by atoms with Gasteiger partial charge < -0.3 is 0 Å². The Morgan fingerprint density at radius 1 is 0.765 bits per heavy atom. The molecule has 0 aliphatic heterocycles. The molecule has 104 valence electrons. The Kier molecular flexibility index (Phi) is 13.5. The summed E-state index contributed by atoms with van der Waals surface area (Å²) in [5.74, 6) is 3.58. The molecule has 0 radical (unpaired) electrons. The largest absolute Gasteiger partial charge is 0.179 e. The summed E-state index contributed by atoms with van der Waals surface area (Å²) in [6.45, 7) is 2.26. The van der Waals surface area contributed by atoms with Crippen LogP contribution in [0.1, 0.15) is 51.9 Å². The highest BCUT2D eigenvalue weighted by molar-refractivity contribution is 7.99. The van der Waals surface area contributed by atoms with Gasteiger partial charge in [0.15, 0.2) is 0 Å². The van der Waals surface area contributed by atoms with Crippen molar-refractivity contribution in [3.8, 4) is 0 Å². The van der Waals surface area contributed by atoms with Crippen LogP contribution in [0, 0.1) is 11.8 Å². The molecule has 0 fully saturated rings. The summed E-state index contributed by atoms with van der Waals surface area (Å²) >= 11 is 17.5. The number of thiol groups is 4. The molecule has 0 aliphatic rings. The minimum atomic E-state index is 0.225. The van der Waals surface area contributed by atoms with Gasteiger partial charge in [0.2, 0.25) is 0 Å². The van der Waals surface area contributed by atoms with E-state index in [0.717, 1.165) is 29.8 Å².